The number of ether oxygens (including phenoxy) is 1. The minimum Gasteiger partial charge on any atom is -0.483 e. The molecular formula is C22H20F2N4O2S. The zero-order chi connectivity index (χ0) is 21.8. The van der Waals surface area contributed by atoms with Crippen molar-refractivity contribution in [1.29, 1.82) is 0 Å². The normalized spacial score (nSPS) is 11.1. The minimum absolute atomic E-state index is 0.0497. The van der Waals surface area contributed by atoms with E-state index in [0.29, 0.717) is 35.1 Å². The van der Waals surface area contributed by atoms with E-state index in [9.17, 15) is 13.6 Å². The third-order valence-electron chi connectivity index (χ3n) is 4.74. The lowest BCUT2D eigenvalue weighted by molar-refractivity contribution is -0.120. The predicted molar refractivity (Wildman–Crippen MR) is 115 cm³/mol. The second-order valence-electron chi connectivity index (χ2n) is 6.98. The summed E-state index contributed by atoms with van der Waals surface area (Å²) in [6.45, 7) is 2.70. The van der Waals surface area contributed by atoms with Crippen molar-refractivity contribution in [3.8, 4) is 5.75 Å². The zero-order valence-corrected chi connectivity index (χ0v) is 17.6. The number of hydrogen-bond acceptors (Lipinski definition) is 5. The number of nitrogens with zero attached hydrogens (tertiary/aromatic N) is 4. The average molecular weight is 442 g/mol. The number of amides is 1. The summed E-state index contributed by atoms with van der Waals surface area (Å²) >= 11 is 1.07. The SMILES string of the molecule is Cc1ccccc1OCC(=O)N(CCCn1ccnc1)c1nc2c(F)cc(F)cc2s1. The highest BCUT2D eigenvalue weighted by atomic mass is 32.1. The fourth-order valence-corrected chi connectivity index (χ4v) is 4.20. The summed E-state index contributed by atoms with van der Waals surface area (Å²) in [6, 6.07) is 9.42. The summed E-state index contributed by atoms with van der Waals surface area (Å²) in [5, 5.41) is 0.309. The molecule has 0 bridgehead atoms. The fourth-order valence-electron chi connectivity index (χ4n) is 3.15. The molecule has 4 rings (SSSR count). The van der Waals surface area contributed by atoms with E-state index in [2.05, 4.69) is 9.97 Å². The highest BCUT2D eigenvalue weighted by Crippen LogP contribution is 2.31. The number of aromatic nitrogens is 3. The van der Waals surface area contributed by atoms with Crippen LogP contribution in [0.5, 0.6) is 5.75 Å². The van der Waals surface area contributed by atoms with Crippen LogP contribution < -0.4 is 9.64 Å². The maximum absolute atomic E-state index is 14.1. The van der Waals surface area contributed by atoms with Crippen LogP contribution in [0.1, 0.15) is 12.0 Å². The van der Waals surface area contributed by atoms with Gasteiger partial charge < -0.3 is 9.30 Å². The van der Waals surface area contributed by atoms with E-state index < -0.39 is 11.6 Å². The smallest absolute Gasteiger partial charge is 0.266 e. The average Bonchev–Trinajstić information content (AvgIpc) is 3.40. The van der Waals surface area contributed by atoms with Crippen molar-refractivity contribution in [3.63, 3.8) is 0 Å². The quantitative estimate of drug-likeness (QED) is 0.401. The highest BCUT2D eigenvalue weighted by molar-refractivity contribution is 7.22. The molecule has 31 heavy (non-hydrogen) atoms. The lowest BCUT2D eigenvalue weighted by atomic mass is 10.2. The van der Waals surface area contributed by atoms with Crippen LogP contribution in [-0.4, -0.2) is 33.6 Å². The van der Waals surface area contributed by atoms with Gasteiger partial charge in [-0.1, -0.05) is 29.5 Å². The van der Waals surface area contributed by atoms with E-state index in [-0.39, 0.29) is 18.0 Å². The molecule has 0 radical (unpaired) electrons. The number of hydrogen-bond donors (Lipinski definition) is 0. The van der Waals surface area contributed by atoms with E-state index in [1.165, 1.54) is 11.0 Å². The molecule has 0 unspecified atom stereocenters. The Morgan fingerprint density at radius 1 is 1.26 bits per heavy atom. The number of halogens is 2. The van der Waals surface area contributed by atoms with Gasteiger partial charge in [0.05, 0.1) is 11.0 Å². The van der Waals surface area contributed by atoms with Crippen LogP contribution in [-0.2, 0) is 11.3 Å². The topological polar surface area (TPSA) is 60.2 Å². The van der Waals surface area contributed by atoms with Gasteiger partial charge in [-0.15, -0.1) is 0 Å². The molecule has 6 nitrogen and oxygen atoms in total. The van der Waals surface area contributed by atoms with Gasteiger partial charge in [0, 0.05) is 31.5 Å². The van der Waals surface area contributed by atoms with Gasteiger partial charge in [-0.25, -0.2) is 18.7 Å². The third-order valence-corrected chi connectivity index (χ3v) is 5.76. The number of aryl methyl sites for hydroxylation is 2. The van der Waals surface area contributed by atoms with Gasteiger partial charge >= 0.3 is 0 Å². The van der Waals surface area contributed by atoms with E-state index in [1.54, 1.807) is 18.6 Å². The van der Waals surface area contributed by atoms with Crippen molar-refractivity contribution < 1.29 is 18.3 Å². The van der Waals surface area contributed by atoms with Crippen LogP contribution >= 0.6 is 11.3 Å². The zero-order valence-electron chi connectivity index (χ0n) is 16.8. The second-order valence-corrected chi connectivity index (χ2v) is 7.99. The fraction of sp³-hybridized carbons (Fsp3) is 0.227. The molecule has 0 saturated carbocycles. The number of rotatable bonds is 8. The summed E-state index contributed by atoms with van der Waals surface area (Å²) in [5.74, 6) is -1.12. The van der Waals surface area contributed by atoms with Crippen LogP contribution in [0.3, 0.4) is 0 Å². The molecule has 160 valence electrons. The van der Waals surface area contributed by atoms with Crippen molar-refractivity contribution in [1.82, 2.24) is 14.5 Å². The first kappa shape index (κ1) is 20.9. The van der Waals surface area contributed by atoms with Gasteiger partial charge in [0.1, 0.15) is 17.1 Å². The molecule has 0 atom stereocenters. The van der Waals surface area contributed by atoms with E-state index in [0.717, 1.165) is 23.0 Å². The van der Waals surface area contributed by atoms with Crippen molar-refractivity contribution in [2.24, 2.45) is 0 Å². The van der Waals surface area contributed by atoms with Crippen LogP contribution in [0.25, 0.3) is 10.2 Å². The molecule has 9 heteroatoms. The number of thiazole rings is 1. The highest BCUT2D eigenvalue weighted by Gasteiger charge is 2.22. The molecule has 0 aliphatic heterocycles. The standard InChI is InChI=1S/C22H20F2N4O2S/c1-15-5-2-3-6-18(15)30-13-20(29)28(9-4-8-27-10-7-25-14-27)22-26-21-17(24)11-16(23)12-19(21)31-22/h2-3,5-7,10-12,14H,4,8-9,13H2,1H3. The number of carbonyl (C=O) groups excluding carboxylic acids is 1. The van der Waals surface area contributed by atoms with Gasteiger partial charge in [0.25, 0.3) is 5.91 Å². The minimum atomic E-state index is -0.750. The summed E-state index contributed by atoms with van der Waals surface area (Å²) < 4.78 is 35.7. The maximum atomic E-state index is 14.1. The Kier molecular flexibility index (Phi) is 6.22. The Labute approximate surface area is 181 Å². The molecule has 0 fully saturated rings. The van der Waals surface area contributed by atoms with Gasteiger partial charge in [0.15, 0.2) is 17.6 Å². The molecule has 1 amide bonds. The number of imidazole rings is 1. The number of anilines is 1. The van der Waals surface area contributed by atoms with Crippen molar-refractivity contribution in [2.45, 2.75) is 19.9 Å². The molecule has 4 aromatic rings. The van der Waals surface area contributed by atoms with Gasteiger partial charge in [0.2, 0.25) is 0 Å². The first-order valence-electron chi connectivity index (χ1n) is 9.71. The summed E-state index contributed by atoms with van der Waals surface area (Å²) in [7, 11) is 0. The number of para-hydroxylation sites is 1. The van der Waals surface area contributed by atoms with E-state index in [1.807, 2.05) is 35.9 Å². The third kappa shape index (κ3) is 4.88. The Balaban J connectivity index is 1.55. The van der Waals surface area contributed by atoms with Crippen LogP contribution in [0.4, 0.5) is 13.9 Å². The monoisotopic (exact) mass is 442 g/mol. The first-order valence-corrected chi connectivity index (χ1v) is 10.5. The predicted octanol–water partition coefficient (Wildman–Crippen LogP) is 4.58. The molecule has 2 aromatic carbocycles. The Morgan fingerprint density at radius 3 is 2.87 bits per heavy atom. The number of fused-ring (bicyclic) bond motifs is 1. The summed E-state index contributed by atoms with van der Waals surface area (Å²) in [4.78, 5) is 22.8. The molecule has 0 saturated heterocycles. The van der Waals surface area contributed by atoms with Gasteiger partial charge in [-0.2, -0.15) is 0 Å². The summed E-state index contributed by atoms with van der Waals surface area (Å²) in [6.07, 6.45) is 5.84. The van der Waals surface area contributed by atoms with Crippen molar-refractivity contribution in [3.05, 3.63) is 72.3 Å². The number of benzene rings is 2. The molecule has 0 spiro atoms. The number of carbonyl (C=O) groups is 1. The van der Waals surface area contributed by atoms with Crippen LogP contribution in [0.2, 0.25) is 0 Å². The maximum Gasteiger partial charge on any atom is 0.266 e. The Bertz CT molecular complexity index is 1190. The lowest BCUT2D eigenvalue weighted by Gasteiger charge is -2.20. The molecule has 0 N–H and O–H groups in total. The Hall–Kier alpha value is -3.33. The van der Waals surface area contributed by atoms with E-state index in [4.69, 9.17) is 4.74 Å². The van der Waals surface area contributed by atoms with E-state index >= 15 is 0 Å². The largest absolute Gasteiger partial charge is 0.483 e. The molecule has 0 aliphatic carbocycles. The molecular weight excluding hydrogens is 422 g/mol. The lowest BCUT2D eigenvalue weighted by Crippen LogP contribution is -2.36. The molecule has 2 aromatic heterocycles. The second kappa shape index (κ2) is 9.22. The molecule has 2 heterocycles. The Morgan fingerprint density at radius 2 is 2.10 bits per heavy atom. The van der Waals surface area contributed by atoms with Crippen LogP contribution in [0.15, 0.2) is 55.1 Å². The van der Waals surface area contributed by atoms with Crippen molar-refractivity contribution in [2.75, 3.05) is 18.1 Å². The van der Waals surface area contributed by atoms with Crippen LogP contribution in [0, 0.1) is 18.6 Å². The van der Waals surface area contributed by atoms with Gasteiger partial charge in [-0.05, 0) is 31.0 Å². The van der Waals surface area contributed by atoms with Gasteiger partial charge in [-0.3, -0.25) is 9.69 Å². The first-order chi connectivity index (χ1) is 15.0. The van der Waals surface area contributed by atoms with Crippen molar-refractivity contribution >= 4 is 32.6 Å². The summed E-state index contributed by atoms with van der Waals surface area (Å²) in [5.41, 5.74) is 0.966. The molecule has 0 aliphatic rings.